The van der Waals surface area contributed by atoms with E-state index in [2.05, 4.69) is 31.2 Å². The molecule has 0 amide bonds. The molecule has 4 rings (SSSR count). The Hall–Kier alpha value is -2.56. The quantitative estimate of drug-likeness (QED) is 0.688. The minimum absolute atomic E-state index is 0.0971. The lowest BCUT2D eigenvalue weighted by molar-refractivity contribution is 0.0827. The first-order chi connectivity index (χ1) is 13.0. The van der Waals surface area contributed by atoms with Crippen molar-refractivity contribution in [3.8, 4) is 17.2 Å². The molecule has 2 aromatic rings. The summed E-state index contributed by atoms with van der Waals surface area (Å²) in [6, 6.07) is 9.68. The molecule has 2 aromatic carbocycles. The summed E-state index contributed by atoms with van der Waals surface area (Å²) in [5.41, 5.74) is 3.55. The Balaban J connectivity index is 1.62. The Morgan fingerprint density at radius 1 is 1.26 bits per heavy atom. The molecule has 0 saturated heterocycles. The molecule has 2 aliphatic rings. The lowest BCUT2D eigenvalue weighted by Crippen LogP contribution is -2.33. The van der Waals surface area contributed by atoms with Gasteiger partial charge >= 0.3 is 0 Å². The van der Waals surface area contributed by atoms with Gasteiger partial charge in [-0.25, -0.2) is 0 Å². The summed E-state index contributed by atoms with van der Waals surface area (Å²) >= 11 is 0. The topological polar surface area (TPSA) is 57.1 Å². The van der Waals surface area contributed by atoms with E-state index in [1.165, 1.54) is 11.1 Å². The third kappa shape index (κ3) is 3.38. The fourth-order valence-corrected chi connectivity index (χ4v) is 4.02. The predicted octanol–water partition coefficient (Wildman–Crippen LogP) is 5.31. The molecule has 27 heavy (non-hydrogen) atoms. The van der Waals surface area contributed by atoms with Crippen LogP contribution in [0.2, 0.25) is 0 Å². The Morgan fingerprint density at radius 3 is 2.89 bits per heavy atom. The molecule has 0 aromatic heterocycles. The van der Waals surface area contributed by atoms with E-state index in [1.807, 2.05) is 19.1 Å². The molecule has 5 nitrogen and oxygen atoms in total. The van der Waals surface area contributed by atoms with Crippen LogP contribution in [0.1, 0.15) is 49.8 Å². The van der Waals surface area contributed by atoms with Gasteiger partial charge in [0.25, 0.3) is 0 Å². The molecule has 2 heterocycles. The number of hydrogen-bond acceptors (Lipinski definition) is 5. The van der Waals surface area contributed by atoms with E-state index >= 15 is 0 Å². The van der Waals surface area contributed by atoms with Crippen LogP contribution in [-0.2, 0) is 12.8 Å². The molecule has 142 valence electrons. The van der Waals surface area contributed by atoms with Gasteiger partial charge in [0.1, 0.15) is 28.5 Å². The van der Waals surface area contributed by atoms with Gasteiger partial charge in [-0.15, -0.1) is 4.91 Å². The van der Waals surface area contributed by atoms with E-state index in [0.717, 1.165) is 36.3 Å². The zero-order valence-corrected chi connectivity index (χ0v) is 16.1. The summed E-state index contributed by atoms with van der Waals surface area (Å²) < 4.78 is 17.8. The number of hydrogen-bond donors (Lipinski definition) is 0. The largest absolute Gasteiger partial charge is 0.494 e. The Morgan fingerprint density at radius 2 is 2.11 bits per heavy atom. The molecule has 0 N–H and O–H groups in total. The van der Waals surface area contributed by atoms with Crippen LogP contribution in [-0.4, -0.2) is 18.8 Å². The summed E-state index contributed by atoms with van der Waals surface area (Å²) in [5.74, 6) is 2.66. The van der Waals surface area contributed by atoms with E-state index in [0.29, 0.717) is 24.7 Å². The maximum atomic E-state index is 11.4. The van der Waals surface area contributed by atoms with Gasteiger partial charge in [-0.1, -0.05) is 12.1 Å². The number of fused-ring (bicyclic) bond motifs is 3. The van der Waals surface area contributed by atoms with Crippen molar-refractivity contribution in [2.75, 3.05) is 13.2 Å². The molecule has 0 bridgehead atoms. The van der Waals surface area contributed by atoms with Crippen molar-refractivity contribution in [3.63, 3.8) is 0 Å². The molecule has 2 aliphatic heterocycles. The Bertz CT molecular complexity index is 875. The van der Waals surface area contributed by atoms with Crippen molar-refractivity contribution < 1.29 is 14.2 Å². The minimum Gasteiger partial charge on any atom is -0.494 e. The first kappa shape index (κ1) is 17.8. The van der Waals surface area contributed by atoms with E-state index < -0.39 is 0 Å². The Labute approximate surface area is 159 Å². The number of rotatable bonds is 4. The summed E-state index contributed by atoms with van der Waals surface area (Å²) in [7, 11) is 0. The zero-order chi connectivity index (χ0) is 19.0. The van der Waals surface area contributed by atoms with Gasteiger partial charge in [0.2, 0.25) is 0 Å². The van der Waals surface area contributed by atoms with E-state index in [-0.39, 0.29) is 11.5 Å². The molecule has 0 radical (unpaired) electrons. The van der Waals surface area contributed by atoms with Crippen molar-refractivity contribution in [1.29, 1.82) is 0 Å². The van der Waals surface area contributed by atoms with Gasteiger partial charge in [-0.2, -0.15) is 0 Å². The number of nitrogens with zero attached hydrogens (tertiary/aromatic N) is 1. The van der Waals surface area contributed by atoms with Crippen LogP contribution < -0.4 is 14.2 Å². The van der Waals surface area contributed by atoms with Crippen LogP contribution in [0, 0.1) is 4.91 Å². The van der Waals surface area contributed by atoms with Crippen molar-refractivity contribution in [3.05, 3.63) is 51.9 Å². The van der Waals surface area contributed by atoms with Crippen LogP contribution in [0.15, 0.2) is 35.5 Å². The highest BCUT2D eigenvalue weighted by molar-refractivity contribution is 5.56. The highest BCUT2D eigenvalue weighted by Crippen LogP contribution is 2.45. The predicted molar refractivity (Wildman–Crippen MR) is 104 cm³/mol. The molecule has 0 saturated carbocycles. The van der Waals surface area contributed by atoms with Crippen molar-refractivity contribution >= 4 is 5.69 Å². The highest BCUT2D eigenvalue weighted by atomic mass is 16.5. The normalized spacial score (nSPS) is 19.9. The van der Waals surface area contributed by atoms with E-state index in [4.69, 9.17) is 14.2 Å². The van der Waals surface area contributed by atoms with Crippen LogP contribution in [0.25, 0.3) is 0 Å². The standard InChI is InChI=1S/C22H25NO4/c1-4-25-16-6-7-17(19(12-16)23-24)15-11-14-5-8-20-18(21(14)26-13-15)9-10-22(2,3)27-20/h5-8,12,15H,4,9-11,13H2,1-3H3/t15-/m1/s1. The lowest BCUT2D eigenvalue weighted by atomic mass is 9.86. The summed E-state index contributed by atoms with van der Waals surface area (Å²) in [6.07, 6.45) is 2.75. The third-order valence-corrected chi connectivity index (χ3v) is 5.41. The Kier molecular flexibility index (Phi) is 4.54. The fraction of sp³-hybridized carbons (Fsp3) is 0.455. The van der Waals surface area contributed by atoms with Crippen molar-refractivity contribution in [1.82, 2.24) is 0 Å². The first-order valence-electron chi connectivity index (χ1n) is 9.57. The van der Waals surface area contributed by atoms with Gasteiger partial charge in [0.05, 0.1) is 13.2 Å². The van der Waals surface area contributed by atoms with Gasteiger partial charge in [-0.3, -0.25) is 0 Å². The third-order valence-electron chi connectivity index (χ3n) is 5.41. The smallest absolute Gasteiger partial charge is 0.129 e. The van der Waals surface area contributed by atoms with Gasteiger partial charge in [-0.05, 0) is 68.5 Å². The van der Waals surface area contributed by atoms with Crippen molar-refractivity contribution in [2.24, 2.45) is 5.18 Å². The van der Waals surface area contributed by atoms with Gasteiger partial charge in [0, 0.05) is 17.5 Å². The number of ether oxygens (including phenoxy) is 3. The second kappa shape index (κ2) is 6.87. The molecular weight excluding hydrogens is 342 g/mol. The first-order valence-corrected chi connectivity index (χ1v) is 9.57. The molecule has 0 unspecified atom stereocenters. The van der Waals surface area contributed by atoms with E-state index in [1.54, 1.807) is 6.07 Å². The van der Waals surface area contributed by atoms with Crippen LogP contribution in [0.4, 0.5) is 5.69 Å². The molecule has 1 atom stereocenters. The summed E-state index contributed by atoms with van der Waals surface area (Å²) in [4.78, 5) is 11.4. The molecule has 5 heteroatoms. The second-order valence-corrected chi connectivity index (χ2v) is 7.85. The fourth-order valence-electron chi connectivity index (χ4n) is 4.02. The van der Waals surface area contributed by atoms with E-state index in [9.17, 15) is 4.91 Å². The molecule has 0 fully saturated rings. The minimum atomic E-state index is -0.134. The second-order valence-electron chi connectivity index (χ2n) is 7.85. The van der Waals surface area contributed by atoms with Crippen LogP contribution >= 0.6 is 0 Å². The maximum Gasteiger partial charge on any atom is 0.129 e. The zero-order valence-electron chi connectivity index (χ0n) is 16.1. The van der Waals surface area contributed by atoms with Gasteiger partial charge in [0.15, 0.2) is 0 Å². The number of benzene rings is 2. The van der Waals surface area contributed by atoms with Crippen LogP contribution in [0.3, 0.4) is 0 Å². The average molecular weight is 367 g/mol. The lowest BCUT2D eigenvalue weighted by Gasteiger charge is -2.35. The monoisotopic (exact) mass is 367 g/mol. The molecular formula is C22H25NO4. The maximum absolute atomic E-state index is 11.4. The molecule has 0 aliphatic carbocycles. The van der Waals surface area contributed by atoms with Gasteiger partial charge < -0.3 is 14.2 Å². The number of nitroso groups, excluding NO2 is 1. The summed E-state index contributed by atoms with van der Waals surface area (Å²) in [6.45, 7) is 7.24. The van der Waals surface area contributed by atoms with Crippen molar-refractivity contribution in [2.45, 2.75) is 51.6 Å². The SMILES string of the molecule is CCOc1ccc([C@H]2COc3c(ccc4c3CCC(C)(C)O4)C2)c(N=O)c1. The van der Waals surface area contributed by atoms with Crippen LogP contribution in [0.5, 0.6) is 17.2 Å². The molecule has 0 spiro atoms. The average Bonchev–Trinajstić information content (AvgIpc) is 2.66. The summed E-state index contributed by atoms with van der Waals surface area (Å²) in [5, 5.41) is 3.23. The highest BCUT2D eigenvalue weighted by Gasteiger charge is 2.32.